The second-order valence-corrected chi connectivity index (χ2v) is 4.19. The van der Waals surface area contributed by atoms with Gasteiger partial charge in [-0.05, 0) is 25.7 Å². The monoisotopic (exact) mass is 216 g/mol. The van der Waals surface area contributed by atoms with Crippen molar-refractivity contribution in [3.05, 3.63) is 0 Å². The predicted octanol–water partition coefficient (Wildman–Crippen LogP) is -1.03. The van der Waals surface area contributed by atoms with Gasteiger partial charge in [-0.25, -0.2) is 0 Å². The molecule has 0 aromatic rings. The fourth-order valence-electron chi connectivity index (χ4n) is 1.81. The van der Waals surface area contributed by atoms with E-state index in [0.717, 1.165) is 25.7 Å². The molecule has 0 saturated heterocycles. The van der Waals surface area contributed by atoms with Gasteiger partial charge in [0.25, 0.3) is 0 Å². The molecule has 0 bridgehead atoms. The van der Waals surface area contributed by atoms with Crippen molar-refractivity contribution < 1.29 is 15.0 Å². The van der Waals surface area contributed by atoms with Crippen molar-refractivity contribution in [1.82, 2.24) is 5.32 Å². The van der Waals surface area contributed by atoms with Crippen LogP contribution in [0.2, 0.25) is 0 Å². The molecule has 0 radical (unpaired) electrons. The highest BCUT2D eigenvalue weighted by Gasteiger charge is 2.24. The van der Waals surface area contributed by atoms with Crippen LogP contribution in [-0.2, 0) is 4.79 Å². The van der Waals surface area contributed by atoms with E-state index in [1.807, 2.05) is 0 Å². The Balaban J connectivity index is 2.22. The fourth-order valence-corrected chi connectivity index (χ4v) is 1.81. The third kappa shape index (κ3) is 4.15. The molecule has 0 spiro atoms. The molecule has 1 rings (SSSR count). The summed E-state index contributed by atoms with van der Waals surface area (Å²) in [5.74, 6) is -0.00917. The molecule has 15 heavy (non-hydrogen) atoms. The van der Waals surface area contributed by atoms with Crippen LogP contribution in [0, 0.1) is 5.92 Å². The summed E-state index contributed by atoms with van der Waals surface area (Å²) in [5, 5.41) is 20.3. The minimum atomic E-state index is -0.861. The number of carbonyl (C=O) groups is 1. The van der Waals surface area contributed by atoms with Gasteiger partial charge in [0.2, 0.25) is 5.91 Å². The van der Waals surface area contributed by atoms with Crippen LogP contribution in [0.3, 0.4) is 0 Å². The number of aliphatic hydroxyl groups excluding tert-OH is 2. The van der Waals surface area contributed by atoms with Crippen molar-refractivity contribution in [2.75, 3.05) is 13.2 Å². The smallest absolute Gasteiger partial charge is 0.223 e. The van der Waals surface area contributed by atoms with Gasteiger partial charge in [0.1, 0.15) is 0 Å². The first-order valence-electron chi connectivity index (χ1n) is 5.45. The summed E-state index contributed by atoms with van der Waals surface area (Å²) in [6.07, 6.45) is 2.56. The standard InChI is InChI=1S/C10H20N2O3/c11-8-3-1-7(2-4-8)10(15)12-5-9(14)6-13/h7-9,13-14H,1-6,11H2,(H,12,15)/t7-,8-,9-/m0/s1. The molecule has 1 aliphatic carbocycles. The molecule has 88 valence electrons. The average molecular weight is 216 g/mol. The molecule has 0 aliphatic heterocycles. The Morgan fingerprint density at radius 3 is 2.53 bits per heavy atom. The summed E-state index contributed by atoms with van der Waals surface area (Å²) in [6.45, 7) is -0.201. The van der Waals surface area contributed by atoms with Crippen LogP contribution in [0.15, 0.2) is 0 Å². The van der Waals surface area contributed by atoms with E-state index < -0.39 is 6.10 Å². The summed E-state index contributed by atoms with van der Waals surface area (Å²) in [7, 11) is 0. The van der Waals surface area contributed by atoms with Crippen LogP contribution in [0.25, 0.3) is 0 Å². The summed E-state index contributed by atoms with van der Waals surface area (Å²) in [4.78, 5) is 11.6. The maximum absolute atomic E-state index is 11.6. The van der Waals surface area contributed by atoms with Gasteiger partial charge in [0.15, 0.2) is 0 Å². The molecule has 0 aromatic heterocycles. The number of aliphatic hydroxyl groups is 2. The Hall–Kier alpha value is -0.650. The number of hydrogen-bond donors (Lipinski definition) is 4. The molecule has 0 aromatic carbocycles. The van der Waals surface area contributed by atoms with Gasteiger partial charge in [0, 0.05) is 18.5 Å². The minimum Gasteiger partial charge on any atom is -0.394 e. The van der Waals surface area contributed by atoms with Gasteiger partial charge < -0.3 is 21.3 Å². The summed E-state index contributed by atoms with van der Waals surface area (Å²) in [5.41, 5.74) is 5.74. The van der Waals surface area contributed by atoms with Gasteiger partial charge >= 0.3 is 0 Å². The first-order valence-corrected chi connectivity index (χ1v) is 5.45. The van der Waals surface area contributed by atoms with E-state index >= 15 is 0 Å². The van der Waals surface area contributed by atoms with E-state index in [2.05, 4.69) is 5.32 Å². The van der Waals surface area contributed by atoms with Crippen molar-refractivity contribution in [1.29, 1.82) is 0 Å². The number of nitrogens with one attached hydrogen (secondary N) is 1. The van der Waals surface area contributed by atoms with Crippen LogP contribution in [0.5, 0.6) is 0 Å². The van der Waals surface area contributed by atoms with Crippen LogP contribution in [-0.4, -0.2) is 41.4 Å². The zero-order chi connectivity index (χ0) is 11.3. The van der Waals surface area contributed by atoms with E-state index in [-0.39, 0.29) is 31.0 Å². The SMILES string of the molecule is N[C@H]1CC[C@H](C(=O)NC[C@H](O)CO)CC1. The topological polar surface area (TPSA) is 95.6 Å². The first-order chi connectivity index (χ1) is 7.13. The normalized spacial score (nSPS) is 28.5. The van der Waals surface area contributed by atoms with Crippen LogP contribution >= 0.6 is 0 Å². The minimum absolute atomic E-state index is 0.0238. The second kappa shape index (κ2) is 6.05. The lowest BCUT2D eigenvalue weighted by atomic mass is 9.86. The molecule has 0 unspecified atom stereocenters. The molecule has 5 heteroatoms. The van der Waals surface area contributed by atoms with Crippen molar-refractivity contribution in [3.63, 3.8) is 0 Å². The van der Waals surface area contributed by atoms with Gasteiger partial charge in [-0.15, -0.1) is 0 Å². The quantitative estimate of drug-likeness (QED) is 0.483. The zero-order valence-electron chi connectivity index (χ0n) is 8.85. The van der Waals surface area contributed by atoms with Gasteiger partial charge in [-0.2, -0.15) is 0 Å². The zero-order valence-corrected chi connectivity index (χ0v) is 8.85. The number of nitrogens with two attached hydrogens (primary N) is 1. The summed E-state index contributed by atoms with van der Waals surface area (Å²) in [6, 6.07) is 0.233. The lowest BCUT2D eigenvalue weighted by Crippen LogP contribution is -2.40. The molecular weight excluding hydrogens is 196 g/mol. The molecule has 5 N–H and O–H groups in total. The molecule has 0 heterocycles. The molecule has 1 fully saturated rings. The highest BCUT2D eigenvalue weighted by molar-refractivity contribution is 5.78. The fraction of sp³-hybridized carbons (Fsp3) is 0.900. The van der Waals surface area contributed by atoms with Gasteiger partial charge in [-0.3, -0.25) is 4.79 Å². The average Bonchev–Trinajstić information content (AvgIpc) is 2.26. The van der Waals surface area contributed by atoms with E-state index in [0.29, 0.717) is 0 Å². The Morgan fingerprint density at radius 2 is 2.00 bits per heavy atom. The van der Waals surface area contributed by atoms with Crippen LogP contribution < -0.4 is 11.1 Å². The third-order valence-electron chi connectivity index (χ3n) is 2.87. The van der Waals surface area contributed by atoms with Crippen LogP contribution in [0.4, 0.5) is 0 Å². The Labute approximate surface area is 89.7 Å². The maximum Gasteiger partial charge on any atom is 0.223 e. The molecule has 1 aliphatic rings. The number of carbonyl (C=O) groups excluding carboxylic acids is 1. The molecule has 1 atom stereocenters. The summed E-state index contributed by atoms with van der Waals surface area (Å²) >= 11 is 0. The van der Waals surface area contributed by atoms with Crippen molar-refractivity contribution >= 4 is 5.91 Å². The highest BCUT2D eigenvalue weighted by Crippen LogP contribution is 2.22. The molecule has 1 saturated carbocycles. The Bertz CT molecular complexity index is 203. The van der Waals surface area contributed by atoms with E-state index in [9.17, 15) is 4.79 Å². The number of hydrogen-bond acceptors (Lipinski definition) is 4. The highest BCUT2D eigenvalue weighted by atomic mass is 16.3. The lowest BCUT2D eigenvalue weighted by molar-refractivity contribution is -0.126. The van der Waals surface area contributed by atoms with E-state index in [1.54, 1.807) is 0 Å². The van der Waals surface area contributed by atoms with Crippen molar-refractivity contribution in [2.24, 2.45) is 11.7 Å². The molecule has 5 nitrogen and oxygen atoms in total. The maximum atomic E-state index is 11.6. The van der Waals surface area contributed by atoms with E-state index in [4.69, 9.17) is 15.9 Å². The van der Waals surface area contributed by atoms with Gasteiger partial charge in [0.05, 0.1) is 12.7 Å². The van der Waals surface area contributed by atoms with Crippen molar-refractivity contribution in [2.45, 2.75) is 37.8 Å². The van der Waals surface area contributed by atoms with E-state index in [1.165, 1.54) is 0 Å². The Kier molecular flexibility index (Phi) is 5.01. The lowest BCUT2D eigenvalue weighted by Gasteiger charge is -2.25. The molecular formula is C10H20N2O3. The van der Waals surface area contributed by atoms with Crippen LogP contribution in [0.1, 0.15) is 25.7 Å². The molecule has 1 amide bonds. The first kappa shape index (κ1) is 12.4. The number of rotatable bonds is 4. The predicted molar refractivity (Wildman–Crippen MR) is 56.0 cm³/mol. The summed E-state index contributed by atoms with van der Waals surface area (Å²) < 4.78 is 0. The Morgan fingerprint density at radius 1 is 1.40 bits per heavy atom. The van der Waals surface area contributed by atoms with Crippen molar-refractivity contribution in [3.8, 4) is 0 Å². The second-order valence-electron chi connectivity index (χ2n) is 4.19. The van der Waals surface area contributed by atoms with Gasteiger partial charge in [-0.1, -0.05) is 0 Å². The number of amides is 1. The largest absolute Gasteiger partial charge is 0.394 e. The third-order valence-corrected chi connectivity index (χ3v) is 2.87.